The van der Waals surface area contributed by atoms with Gasteiger partial charge in [0.25, 0.3) is 0 Å². The molecule has 1 aromatic rings. The molecule has 1 N–H and O–H groups in total. The Morgan fingerprint density at radius 2 is 2.25 bits per heavy atom. The van der Waals surface area contributed by atoms with Crippen molar-refractivity contribution in [1.82, 2.24) is 10.3 Å². The van der Waals surface area contributed by atoms with E-state index < -0.39 is 0 Å². The molecule has 5 heteroatoms. The van der Waals surface area contributed by atoms with Gasteiger partial charge in [-0.3, -0.25) is 0 Å². The zero-order chi connectivity index (χ0) is 11.6. The maximum atomic E-state index is 5.36. The van der Waals surface area contributed by atoms with E-state index in [0.29, 0.717) is 13.2 Å². The summed E-state index contributed by atoms with van der Waals surface area (Å²) in [6.45, 7) is 6.08. The van der Waals surface area contributed by atoms with Crippen LogP contribution in [0.15, 0.2) is 5.51 Å². The maximum Gasteiger partial charge on any atom is 0.0798 e. The SMILES string of the molecule is COCCOCCCNCc1scnc1C. The molecule has 1 aromatic heterocycles. The van der Waals surface area contributed by atoms with Crippen LogP contribution in [-0.2, 0) is 16.0 Å². The molecule has 0 saturated carbocycles. The second-order valence-corrected chi connectivity index (χ2v) is 4.44. The molecule has 16 heavy (non-hydrogen) atoms. The lowest BCUT2D eigenvalue weighted by Crippen LogP contribution is -2.16. The Morgan fingerprint density at radius 3 is 2.94 bits per heavy atom. The third-order valence-electron chi connectivity index (χ3n) is 2.20. The van der Waals surface area contributed by atoms with Crippen molar-refractivity contribution >= 4 is 11.3 Å². The van der Waals surface area contributed by atoms with Crippen molar-refractivity contribution in [2.45, 2.75) is 19.9 Å². The van der Waals surface area contributed by atoms with Crippen LogP contribution in [0.25, 0.3) is 0 Å². The van der Waals surface area contributed by atoms with E-state index >= 15 is 0 Å². The molecule has 0 saturated heterocycles. The van der Waals surface area contributed by atoms with Crippen LogP contribution in [0.4, 0.5) is 0 Å². The number of nitrogens with one attached hydrogen (secondary N) is 1. The monoisotopic (exact) mass is 244 g/mol. The van der Waals surface area contributed by atoms with Gasteiger partial charge < -0.3 is 14.8 Å². The Hall–Kier alpha value is -0.490. The maximum absolute atomic E-state index is 5.36. The van der Waals surface area contributed by atoms with Crippen molar-refractivity contribution in [1.29, 1.82) is 0 Å². The van der Waals surface area contributed by atoms with E-state index in [0.717, 1.165) is 31.8 Å². The van der Waals surface area contributed by atoms with Crippen LogP contribution < -0.4 is 5.32 Å². The number of ether oxygens (including phenoxy) is 2. The number of rotatable bonds is 9. The van der Waals surface area contributed by atoms with Crippen LogP contribution in [0.5, 0.6) is 0 Å². The van der Waals surface area contributed by atoms with Gasteiger partial charge >= 0.3 is 0 Å². The Bertz CT molecular complexity index is 279. The van der Waals surface area contributed by atoms with Gasteiger partial charge in [-0.2, -0.15) is 0 Å². The zero-order valence-electron chi connectivity index (χ0n) is 9.99. The number of thiazole rings is 1. The minimum atomic E-state index is 0.674. The van der Waals surface area contributed by atoms with Gasteiger partial charge in [0.05, 0.1) is 24.4 Å². The predicted molar refractivity (Wildman–Crippen MR) is 65.9 cm³/mol. The first-order chi connectivity index (χ1) is 7.84. The fourth-order valence-electron chi connectivity index (χ4n) is 1.24. The van der Waals surface area contributed by atoms with E-state index in [1.54, 1.807) is 18.4 Å². The predicted octanol–water partition coefficient (Wildman–Crippen LogP) is 1.59. The highest BCUT2D eigenvalue weighted by Gasteiger charge is 1.99. The topological polar surface area (TPSA) is 43.4 Å². The molecule has 1 heterocycles. The van der Waals surface area contributed by atoms with E-state index in [4.69, 9.17) is 9.47 Å². The van der Waals surface area contributed by atoms with Crippen molar-refractivity contribution in [3.63, 3.8) is 0 Å². The third-order valence-corrected chi connectivity index (χ3v) is 3.14. The summed E-state index contributed by atoms with van der Waals surface area (Å²) in [5, 5.41) is 3.38. The quantitative estimate of drug-likeness (QED) is 0.670. The van der Waals surface area contributed by atoms with Gasteiger partial charge in [-0.25, -0.2) is 4.98 Å². The first kappa shape index (κ1) is 13.6. The van der Waals surface area contributed by atoms with Crippen LogP contribution in [0.1, 0.15) is 17.0 Å². The third kappa shape index (κ3) is 5.55. The van der Waals surface area contributed by atoms with Crippen molar-refractivity contribution in [3.05, 3.63) is 16.1 Å². The van der Waals surface area contributed by atoms with Gasteiger partial charge in [-0.15, -0.1) is 11.3 Å². The number of hydrogen-bond acceptors (Lipinski definition) is 5. The minimum absolute atomic E-state index is 0.674. The first-order valence-electron chi connectivity index (χ1n) is 5.51. The lowest BCUT2D eigenvalue weighted by molar-refractivity contribution is 0.0695. The zero-order valence-corrected chi connectivity index (χ0v) is 10.8. The van der Waals surface area contributed by atoms with E-state index in [1.165, 1.54) is 4.88 Å². The summed E-state index contributed by atoms with van der Waals surface area (Å²) in [6, 6.07) is 0. The summed E-state index contributed by atoms with van der Waals surface area (Å²) < 4.78 is 10.2. The fraction of sp³-hybridized carbons (Fsp3) is 0.727. The molecule has 1 rings (SSSR count). The summed E-state index contributed by atoms with van der Waals surface area (Å²) in [6.07, 6.45) is 1.03. The van der Waals surface area contributed by atoms with Crippen molar-refractivity contribution < 1.29 is 9.47 Å². The van der Waals surface area contributed by atoms with Gasteiger partial charge in [0, 0.05) is 25.1 Å². The molecule has 0 aliphatic rings. The van der Waals surface area contributed by atoms with Crippen LogP contribution in [0.3, 0.4) is 0 Å². The molecule has 92 valence electrons. The molecule has 0 aliphatic carbocycles. The first-order valence-corrected chi connectivity index (χ1v) is 6.39. The average Bonchev–Trinajstić information content (AvgIpc) is 2.68. The van der Waals surface area contributed by atoms with Gasteiger partial charge in [0.15, 0.2) is 0 Å². The number of nitrogens with zero attached hydrogens (tertiary/aromatic N) is 1. The van der Waals surface area contributed by atoms with Crippen LogP contribution in [-0.4, -0.2) is 38.5 Å². The van der Waals surface area contributed by atoms with E-state index in [1.807, 2.05) is 12.4 Å². The minimum Gasteiger partial charge on any atom is -0.382 e. The second-order valence-electron chi connectivity index (χ2n) is 3.50. The molecule has 0 bridgehead atoms. The van der Waals surface area contributed by atoms with Crippen LogP contribution in [0, 0.1) is 6.92 Å². The summed E-state index contributed by atoms with van der Waals surface area (Å²) in [5.74, 6) is 0. The Morgan fingerprint density at radius 1 is 1.38 bits per heavy atom. The summed E-state index contributed by atoms with van der Waals surface area (Å²) in [4.78, 5) is 5.53. The molecular weight excluding hydrogens is 224 g/mol. The highest BCUT2D eigenvalue weighted by molar-refractivity contribution is 7.09. The summed E-state index contributed by atoms with van der Waals surface area (Å²) in [7, 11) is 1.68. The lowest BCUT2D eigenvalue weighted by atomic mass is 10.4. The van der Waals surface area contributed by atoms with E-state index in [9.17, 15) is 0 Å². The smallest absolute Gasteiger partial charge is 0.0798 e. The Balaban J connectivity index is 1.91. The average molecular weight is 244 g/mol. The number of aromatic nitrogens is 1. The number of hydrogen-bond donors (Lipinski definition) is 1. The fourth-order valence-corrected chi connectivity index (χ4v) is 1.99. The van der Waals surface area contributed by atoms with Gasteiger partial charge in [0.1, 0.15) is 0 Å². The molecular formula is C11H20N2O2S. The van der Waals surface area contributed by atoms with Gasteiger partial charge in [-0.05, 0) is 19.9 Å². The van der Waals surface area contributed by atoms with Gasteiger partial charge in [0.2, 0.25) is 0 Å². The summed E-state index contributed by atoms with van der Waals surface area (Å²) >= 11 is 1.70. The van der Waals surface area contributed by atoms with Crippen molar-refractivity contribution in [3.8, 4) is 0 Å². The van der Waals surface area contributed by atoms with E-state index in [2.05, 4.69) is 10.3 Å². The molecule has 0 amide bonds. The lowest BCUT2D eigenvalue weighted by Gasteiger charge is -2.05. The second kappa shape index (κ2) is 8.64. The number of methoxy groups -OCH3 is 1. The largest absolute Gasteiger partial charge is 0.382 e. The van der Waals surface area contributed by atoms with Crippen LogP contribution in [0.2, 0.25) is 0 Å². The molecule has 0 radical (unpaired) electrons. The molecule has 0 fully saturated rings. The highest BCUT2D eigenvalue weighted by atomic mass is 32.1. The molecule has 0 spiro atoms. The summed E-state index contributed by atoms with van der Waals surface area (Å²) in [5.41, 5.74) is 3.02. The van der Waals surface area contributed by atoms with E-state index in [-0.39, 0.29) is 0 Å². The van der Waals surface area contributed by atoms with Gasteiger partial charge in [-0.1, -0.05) is 0 Å². The molecule has 0 aromatic carbocycles. The van der Waals surface area contributed by atoms with Crippen LogP contribution >= 0.6 is 11.3 Å². The molecule has 0 atom stereocenters. The molecule has 4 nitrogen and oxygen atoms in total. The highest BCUT2D eigenvalue weighted by Crippen LogP contribution is 2.10. The number of aryl methyl sites for hydroxylation is 1. The Labute approximate surface area is 101 Å². The standard InChI is InChI=1S/C11H20N2O2S/c1-10-11(16-9-13-10)8-12-4-3-5-15-7-6-14-2/h9,12H,3-8H2,1-2H3. The Kier molecular flexibility index (Phi) is 7.33. The van der Waals surface area contributed by atoms with Crippen molar-refractivity contribution in [2.75, 3.05) is 33.5 Å². The van der Waals surface area contributed by atoms with Crippen molar-refractivity contribution in [2.24, 2.45) is 0 Å². The molecule has 0 aliphatic heterocycles. The molecule has 0 unspecified atom stereocenters. The normalized spacial score (nSPS) is 10.9.